The molecule has 0 spiro atoms. The maximum Gasteiger partial charge on any atom is 0.406 e. The minimum atomic E-state index is -0.523. The Labute approximate surface area is 87.5 Å². The Balaban J connectivity index is 3.27. The van der Waals surface area contributed by atoms with Crippen molar-refractivity contribution in [2.24, 2.45) is 0 Å². The van der Waals surface area contributed by atoms with Crippen molar-refractivity contribution in [3.63, 3.8) is 0 Å². The fourth-order valence-electron chi connectivity index (χ4n) is 0.648. The number of thioether (sulfide) groups is 1. The molecule has 0 fully saturated rings. The van der Waals surface area contributed by atoms with Gasteiger partial charge in [0.15, 0.2) is 0 Å². The van der Waals surface area contributed by atoms with Crippen LogP contribution in [0.15, 0.2) is 0 Å². The predicted molar refractivity (Wildman–Crippen MR) is 54.4 cm³/mol. The summed E-state index contributed by atoms with van der Waals surface area (Å²) in [5.74, 6) is 0.509. The van der Waals surface area contributed by atoms with Crippen LogP contribution in [-0.2, 0) is 14.3 Å². The molecule has 0 aliphatic rings. The molecule has 0 atom stereocenters. The maximum absolute atomic E-state index is 10.9. The fraction of sp³-hybridized carbons (Fsp3) is 0.750. The van der Waals surface area contributed by atoms with Crippen LogP contribution in [0, 0.1) is 0 Å². The van der Waals surface area contributed by atoms with Gasteiger partial charge < -0.3 is 14.8 Å². The second-order valence-electron chi connectivity index (χ2n) is 2.38. The van der Waals surface area contributed by atoms with Crippen LogP contribution in [0.25, 0.3) is 0 Å². The molecule has 0 aliphatic heterocycles. The lowest BCUT2D eigenvalue weighted by Crippen LogP contribution is -2.27. The van der Waals surface area contributed by atoms with Gasteiger partial charge in [-0.05, 0) is 6.26 Å². The van der Waals surface area contributed by atoms with E-state index in [4.69, 9.17) is 4.74 Å². The first-order chi connectivity index (χ1) is 6.70. The second kappa shape index (κ2) is 8.68. The van der Waals surface area contributed by atoms with Crippen LogP contribution < -0.4 is 5.32 Å². The molecule has 0 bridgehead atoms. The van der Waals surface area contributed by atoms with Crippen LogP contribution >= 0.6 is 11.8 Å². The number of carbonyl (C=O) groups is 2. The van der Waals surface area contributed by atoms with E-state index in [2.05, 4.69) is 10.1 Å². The van der Waals surface area contributed by atoms with Crippen molar-refractivity contribution in [1.82, 2.24) is 5.32 Å². The van der Waals surface area contributed by atoms with E-state index >= 15 is 0 Å². The van der Waals surface area contributed by atoms with E-state index < -0.39 is 6.09 Å². The van der Waals surface area contributed by atoms with Crippen molar-refractivity contribution >= 4 is 23.8 Å². The van der Waals surface area contributed by atoms with Crippen molar-refractivity contribution in [2.45, 2.75) is 6.42 Å². The Bertz CT molecular complexity index is 186. The summed E-state index contributed by atoms with van der Waals surface area (Å²) in [7, 11) is 1.28. The topological polar surface area (TPSA) is 64.6 Å². The van der Waals surface area contributed by atoms with Gasteiger partial charge in [-0.1, -0.05) is 0 Å². The number of esters is 1. The first-order valence-electron chi connectivity index (χ1n) is 4.17. The Morgan fingerprint density at radius 3 is 2.71 bits per heavy atom. The average Bonchev–Trinajstić information content (AvgIpc) is 2.21. The van der Waals surface area contributed by atoms with Crippen LogP contribution in [0.2, 0.25) is 0 Å². The van der Waals surface area contributed by atoms with Crippen molar-refractivity contribution in [2.75, 3.05) is 32.3 Å². The van der Waals surface area contributed by atoms with E-state index in [1.54, 1.807) is 11.8 Å². The molecule has 0 aromatic rings. The molecular formula is C8H15NO4S. The van der Waals surface area contributed by atoms with Crippen LogP contribution in [-0.4, -0.2) is 44.3 Å². The third-order valence-electron chi connectivity index (χ3n) is 1.33. The number of ether oxygens (including phenoxy) is 2. The smallest absolute Gasteiger partial charge is 0.406 e. The van der Waals surface area contributed by atoms with Gasteiger partial charge in [0, 0.05) is 5.75 Å². The normalized spacial score (nSPS) is 9.29. The summed E-state index contributed by atoms with van der Waals surface area (Å²) in [6.45, 7) is 0.458. The number of hydrogen-bond acceptors (Lipinski definition) is 5. The molecule has 6 heteroatoms. The monoisotopic (exact) mass is 221 g/mol. The molecular weight excluding hydrogens is 206 g/mol. The summed E-state index contributed by atoms with van der Waals surface area (Å²) in [4.78, 5) is 21.5. The largest absolute Gasteiger partial charge is 0.464 e. The molecule has 0 rings (SSSR count). The van der Waals surface area contributed by atoms with Gasteiger partial charge in [0.25, 0.3) is 0 Å². The van der Waals surface area contributed by atoms with Gasteiger partial charge in [0.05, 0.1) is 20.1 Å². The summed E-state index contributed by atoms with van der Waals surface area (Å²) >= 11 is 1.59. The number of hydrogen-bond donors (Lipinski definition) is 1. The van der Waals surface area contributed by atoms with Crippen molar-refractivity contribution in [1.29, 1.82) is 0 Å². The number of carbonyl (C=O) groups excluding carboxylic acids is 2. The van der Waals surface area contributed by atoms with Gasteiger partial charge in [0.1, 0.15) is 6.61 Å². The van der Waals surface area contributed by atoms with Crippen molar-refractivity contribution < 1.29 is 19.1 Å². The molecule has 1 N–H and O–H groups in total. The molecule has 14 heavy (non-hydrogen) atoms. The summed E-state index contributed by atoms with van der Waals surface area (Å²) in [6.07, 6.45) is 1.80. The minimum absolute atomic E-state index is 0.183. The molecule has 0 saturated carbocycles. The molecule has 0 heterocycles. The number of amides is 1. The third kappa shape index (κ3) is 7.72. The number of methoxy groups -OCH3 is 1. The van der Waals surface area contributed by atoms with E-state index in [1.165, 1.54) is 7.11 Å². The third-order valence-corrected chi connectivity index (χ3v) is 1.94. The Hall–Kier alpha value is -0.910. The second-order valence-corrected chi connectivity index (χ2v) is 3.37. The fourth-order valence-corrected chi connectivity index (χ4v) is 1.02. The average molecular weight is 221 g/mol. The van der Waals surface area contributed by atoms with Gasteiger partial charge in [-0.2, -0.15) is 11.8 Å². The molecule has 0 saturated heterocycles. The van der Waals surface area contributed by atoms with Gasteiger partial charge in [-0.3, -0.25) is 4.79 Å². The number of nitrogens with one attached hydrogen (secondary N) is 1. The van der Waals surface area contributed by atoms with E-state index in [9.17, 15) is 9.59 Å². The van der Waals surface area contributed by atoms with E-state index in [0.717, 1.165) is 5.75 Å². The standard InChI is InChI=1S/C8H15NO4S/c1-12-8(11)9-4-5-13-7(10)3-6-14-2/h3-6H2,1-2H3,(H,9,11). The van der Waals surface area contributed by atoms with Gasteiger partial charge in [-0.15, -0.1) is 0 Å². The lowest BCUT2D eigenvalue weighted by atomic mass is 10.5. The lowest BCUT2D eigenvalue weighted by molar-refractivity contribution is -0.142. The van der Waals surface area contributed by atoms with Crippen molar-refractivity contribution in [3.8, 4) is 0 Å². The Kier molecular flexibility index (Phi) is 8.11. The summed E-state index contributed by atoms with van der Waals surface area (Å²) in [6, 6.07) is 0. The highest BCUT2D eigenvalue weighted by Gasteiger charge is 2.02. The molecule has 82 valence electrons. The molecule has 0 aromatic heterocycles. The highest BCUT2D eigenvalue weighted by atomic mass is 32.2. The summed E-state index contributed by atoms with van der Waals surface area (Å²) < 4.78 is 9.14. The van der Waals surface area contributed by atoms with Gasteiger partial charge >= 0.3 is 12.1 Å². The highest BCUT2D eigenvalue weighted by Crippen LogP contribution is 1.96. The molecule has 0 radical (unpaired) electrons. The first kappa shape index (κ1) is 13.1. The van der Waals surface area contributed by atoms with Crippen LogP contribution in [0.3, 0.4) is 0 Å². The Morgan fingerprint density at radius 1 is 1.43 bits per heavy atom. The zero-order chi connectivity index (χ0) is 10.8. The minimum Gasteiger partial charge on any atom is -0.464 e. The Morgan fingerprint density at radius 2 is 2.14 bits per heavy atom. The zero-order valence-electron chi connectivity index (χ0n) is 8.37. The van der Waals surface area contributed by atoms with Crippen LogP contribution in [0.1, 0.15) is 6.42 Å². The first-order valence-corrected chi connectivity index (χ1v) is 5.56. The SMILES string of the molecule is COC(=O)NCCOC(=O)CCSC. The summed E-state index contributed by atoms with van der Waals surface area (Å²) in [5, 5.41) is 2.40. The number of alkyl carbamates (subject to hydrolysis) is 1. The van der Waals surface area contributed by atoms with Crippen LogP contribution in [0.5, 0.6) is 0 Å². The molecule has 1 amide bonds. The highest BCUT2D eigenvalue weighted by molar-refractivity contribution is 7.98. The summed E-state index contributed by atoms with van der Waals surface area (Å²) in [5.41, 5.74) is 0. The van der Waals surface area contributed by atoms with Gasteiger partial charge in [0.2, 0.25) is 0 Å². The van der Waals surface area contributed by atoms with E-state index in [1.807, 2.05) is 6.26 Å². The van der Waals surface area contributed by atoms with Crippen molar-refractivity contribution in [3.05, 3.63) is 0 Å². The molecule has 0 aromatic carbocycles. The molecule has 0 unspecified atom stereocenters. The van der Waals surface area contributed by atoms with Gasteiger partial charge in [-0.25, -0.2) is 4.79 Å². The lowest BCUT2D eigenvalue weighted by Gasteiger charge is -2.05. The number of rotatable bonds is 6. The molecule has 0 aliphatic carbocycles. The quantitative estimate of drug-likeness (QED) is 0.526. The molecule has 5 nitrogen and oxygen atoms in total. The predicted octanol–water partition coefficient (Wildman–Crippen LogP) is 0.639. The van der Waals surface area contributed by atoms with E-state index in [-0.39, 0.29) is 19.1 Å². The maximum atomic E-state index is 10.9. The van der Waals surface area contributed by atoms with Crippen LogP contribution in [0.4, 0.5) is 4.79 Å². The zero-order valence-corrected chi connectivity index (χ0v) is 9.19. The van der Waals surface area contributed by atoms with E-state index in [0.29, 0.717) is 6.42 Å².